The molecule has 5 heteroatoms. The van der Waals surface area contributed by atoms with Crippen molar-refractivity contribution in [1.82, 2.24) is 9.88 Å². The van der Waals surface area contributed by atoms with Gasteiger partial charge in [-0.3, -0.25) is 9.69 Å². The number of hydrogen-bond acceptors (Lipinski definition) is 4. The van der Waals surface area contributed by atoms with Crippen LogP contribution in [0, 0.1) is 0 Å². The second-order valence-electron chi connectivity index (χ2n) is 6.20. The summed E-state index contributed by atoms with van der Waals surface area (Å²) in [5.74, 6) is 0.602. The van der Waals surface area contributed by atoms with E-state index in [1.807, 2.05) is 53.4 Å². The minimum atomic E-state index is 0.140. The van der Waals surface area contributed by atoms with Gasteiger partial charge in [-0.05, 0) is 25.5 Å². The van der Waals surface area contributed by atoms with Gasteiger partial charge in [0, 0.05) is 16.8 Å². The Labute approximate surface area is 151 Å². The highest BCUT2D eigenvalue weighted by atomic mass is 32.2. The lowest BCUT2D eigenvalue weighted by Gasteiger charge is -2.23. The standard InChI is InChI=1S/C20H19N3OS/c1-3-13(2)23-18(24)12-25-20(23)22-19-14-8-4-6-10-16(14)21-17-11-7-5-9-15(17)19/h4-11,13H,3,12H2,1-2H3. The van der Waals surface area contributed by atoms with E-state index < -0.39 is 0 Å². The molecule has 2 heterocycles. The van der Waals surface area contributed by atoms with Crippen molar-refractivity contribution in [3.05, 3.63) is 48.5 Å². The van der Waals surface area contributed by atoms with E-state index in [0.717, 1.165) is 39.1 Å². The Kier molecular flexibility index (Phi) is 4.17. The molecular weight excluding hydrogens is 330 g/mol. The molecule has 0 N–H and O–H groups in total. The first kappa shape index (κ1) is 16.1. The first-order valence-corrected chi connectivity index (χ1v) is 9.48. The van der Waals surface area contributed by atoms with Crippen LogP contribution in [0.5, 0.6) is 0 Å². The second kappa shape index (κ2) is 6.48. The van der Waals surface area contributed by atoms with E-state index in [2.05, 4.69) is 13.8 Å². The van der Waals surface area contributed by atoms with E-state index in [1.54, 1.807) is 0 Å². The fraction of sp³-hybridized carbons (Fsp3) is 0.250. The first-order chi connectivity index (χ1) is 12.2. The van der Waals surface area contributed by atoms with Crippen LogP contribution >= 0.6 is 11.8 Å². The van der Waals surface area contributed by atoms with Gasteiger partial charge in [-0.15, -0.1) is 0 Å². The van der Waals surface area contributed by atoms with Gasteiger partial charge in [0.15, 0.2) is 5.17 Å². The molecule has 0 radical (unpaired) electrons. The molecule has 0 aliphatic carbocycles. The van der Waals surface area contributed by atoms with Crippen LogP contribution in [0.15, 0.2) is 53.5 Å². The van der Waals surface area contributed by atoms with Gasteiger partial charge in [0.05, 0.1) is 22.5 Å². The highest BCUT2D eigenvalue weighted by molar-refractivity contribution is 8.15. The summed E-state index contributed by atoms with van der Waals surface area (Å²) >= 11 is 1.52. The summed E-state index contributed by atoms with van der Waals surface area (Å²) in [5.41, 5.74) is 2.74. The number of carbonyl (C=O) groups excluding carboxylic acids is 1. The van der Waals surface area contributed by atoms with Crippen molar-refractivity contribution in [3.8, 4) is 0 Å². The Hall–Kier alpha value is -2.40. The Bertz CT molecular complexity index is 945. The lowest BCUT2D eigenvalue weighted by atomic mass is 10.1. The van der Waals surface area contributed by atoms with Crippen molar-refractivity contribution in [2.75, 3.05) is 5.75 Å². The van der Waals surface area contributed by atoms with Crippen LogP contribution in [0.4, 0.5) is 5.69 Å². The molecule has 1 amide bonds. The third-order valence-corrected chi connectivity index (χ3v) is 5.54. The van der Waals surface area contributed by atoms with Gasteiger partial charge in [0.25, 0.3) is 0 Å². The normalized spacial score (nSPS) is 17.8. The van der Waals surface area contributed by atoms with Gasteiger partial charge in [-0.25, -0.2) is 9.98 Å². The molecule has 1 aliphatic heterocycles. The predicted octanol–water partition coefficient (Wildman–Crippen LogP) is 4.75. The summed E-state index contributed by atoms with van der Waals surface area (Å²) < 4.78 is 0. The van der Waals surface area contributed by atoms with Crippen molar-refractivity contribution >= 4 is 50.3 Å². The molecule has 1 unspecified atom stereocenters. The van der Waals surface area contributed by atoms with E-state index >= 15 is 0 Å². The van der Waals surface area contributed by atoms with E-state index in [1.165, 1.54) is 11.8 Å². The van der Waals surface area contributed by atoms with E-state index in [-0.39, 0.29) is 11.9 Å². The molecule has 0 spiro atoms. The van der Waals surface area contributed by atoms with Gasteiger partial charge in [-0.1, -0.05) is 55.1 Å². The monoisotopic (exact) mass is 349 g/mol. The molecule has 4 nitrogen and oxygen atoms in total. The molecule has 1 aliphatic rings. The van der Waals surface area contributed by atoms with Crippen LogP contribution < -0.4 is 0 Å². The average Bonchev–Trinajstić information content (AvgIpc) is 3.01. The van der Waals surface area contributed by atoms with Crippen molar-refractivity contribution in [1.29, 1.82) is 0 Å². The molecule has 0 saturated carbocycles. The number of aromatic nitrogens is 1. The third kappa shape index (κ3) is 2.78. The number of fused-ring (bicyclic) bond motifs is 2. The first-order valence-electron chi connectivity index (χ1n) is 8.50. The van der Waals surface area contributed by atoms with Crippen molar-refractivity contribution in [2.24, 2.45) is 4.99 Å². The molecule has 0 bridgehead atoms. The number of hydrogen-bond donors (Lipinski definition) is 0. The molecule has 126 valence electrons. The highest BCUT2D eigenvalue weighted by Crippen LogP contribution is 2.35. The number of para-hydroxylation sites is 2. The Balaban J connectivity index is 1.97. The van der Waals surface area contributed by atoms with Gasteiger partial charge < -0.3 is 0 Å². The Morgan fingerprint density at radius 1 is 1.12 bits per heavy atom. The molecule has 4 rings (SSSR count). The molecule has 1 atom stereocenters. The molecule has 1 saturated heterocycles. The number of rotatable bonds is 3. The number of nitrogens with zero attached hydrogens (tertiary/aromatic N) is 3. The minimum Gasteiger partial charge on any atom is -0.288 e. The SMILES string of the molecule is CCC(C)N1C(=O)CSC1=Nc1c2ccccc2nc2ccccc12. The van der Waals surface area contributed by atoms with Crippen molar-refractivity contribution in [2.45, 2.75) is 26.3 Å². The van der Waals surface area contributed by atoms with Crippen LogP contribution in [-0.4, -0.2) is 32.8 Å². The van der Waals surface area contributed by atoms with Crippen molar-refractivity contribution < 1.29 is 4.79 Å². The predicted molar refractivity (Wildman–Crippen MR) is 105 cm³/mol. The maximum atomic E-state index is 12.3. The summed E-state index contributed by atoms with van der Waals surface area (Å²) in [6, 6.07) is 16.2. The van der Waals surface area contributed by atoms with Crippen molar-refractivity contribution in [3.63, 3.8) is 0 Å². The van der Waals surface area contributed by atoms with Crippen LogP contribution in [0.2, 0.25) is 0 Å². The summed E-state index contributed by atoms with van der Waals surface area (Å²) in [6.07, 6.45) is 0.906. The summed E-state index contributed by atoms with van der Waals surface area (Å²) in [6.45, 7) is 4.16. The molecule has 1 fully saturated rings. The fourth-order valence-corrected chi connectivity index (χ4v) is 4.08. The molecule has 3 aromatic rings. The number of thioether (sulfide) groups is 1. The Morgan fingerprint density at radius 2 is 1.72 bits per heavy atom. The molecule has 25 heavy (non-hydrogen) atoms. The maximum absolute atomic E-state index is 12.3. The highest BCUT2D eigenvalue weighted by Gasteiger charge is 2.31. The zero-order valence-corrected chi connectivity index (χ0v) is 15.1. The fourth-order valence-electron chi connectivity index (χ4n) is 3.11. The number of pyridine rings is 1. The van der Waals surface area contributed by atoms with Crippen LogP contribution in [0.1, 0.15) is 20.3 Å². The topological polar surface area (TPSA) is 45.6 Å². The van der Waals surface area contributed by atoms with Crippen LogP contribution in [-0.2, 0) is 4.79 Å². The zero-order valence-electron chi connectivity index (χ0n) is 14.3. The lowest BCUT2D eigenvalue weighted by Crippen LogP contribution is -2.37. The Morgan fingerprint density at radius 3 is 2.32 bits per heavy atom. The van der Waals surface area contributed by atoms with E-state index in [4.69, 9.17) is 9.98 Å². The maximum Gasteiger partial charge on any atom is 0.239 e. The summed E-state index contributed by atoms with van der Waals surface area (Å²) in [4.78, 5) is 23.9. The van der Waals surface area contributed by atoms with Crippen LogP contribution in [0.25, 0.3) is 21.8 Å². The van der Waals surface area contributed by atoms with Gasteiger partial charge >= 0.3 is 0 Å². The largest absolute Gasteiger partial charge is 0.288 e. The van der Waals surface area contributed by atoms with Crippen LogP contribution in [0.3, 0.4) is 0 Å². The quantitative estimate of drug-likeness (QED) is 0.641. The van der Waals surface area contributed by atoms with E-state index in [0.29, 0.717) is 5.75 Å². The van der Waals surface area contributed by atoms with Gasteiger partial charge in [0.1, 0.15) is 0 Å². The number of amidine groups is 1. The summed E-state index contributed by atoms with van der Waals surface area (Å²) in [5, 5.41) is 2.82. The minimum absolute atomic E-state index is 0.140. The number of amides is 1. The third-order valence-electron chi connectivity index (χ3n) is 4.60. The molecule has 1 aromatic heterocycles. The lowest BCUT2D eigenvalue weighted by molar-refractivity contribution is -0.125. The smallest absolute Gasteiger partial charge is 0.239 e. The number of carbonyl (C=O) groups is 1. The number of aliphatic imine (C=N–C) groups is 1. The number of benzene rings is 2. The zero-order chi connectivity index (χ0) is 17.4. The molecule has 2 aromatic carbocycles. The summed E-state index contributed by atoms with van der Waals surface area (Å²) in [7, 11) is 0. The average molecular weight is 349 g/mol. The van der Waals surface area contributed by atoms with Gasteiger partial charge in [-0.2, -0.15) is 0 Å². The second-order valence-corrected chi connectivity index (χ2v) is 7.14. The van der Waals surface area contributed by atoms with Gasteiger partial charge in [0.2, 0.25) is 5.91 Å². The van der Waals surface area contributed by atoms with E-state index in [9.17, 15) is 4.79 Å². The molecular formula is C20H19N3OS.